The van der Waals surface area contributed by atoms with Crippen LogP contribution in [0.3, 0.4) is 0 Å². The zero-order valence-electron chi connectivity index (χ0n) is 7.82. The van der Waals surface area contributed by atoms with Crippen LogP contribution in [0.25, 0.3) is 0 Å². The molecule has 1 aromatic heterocycles. The Labute approximate surface area is 77.6 Å². The predicted octanol–water partition coefficient (Wildman–Crippen LogP) is 0.330. The number of rotatable bonds is 3. The van der Waals surface area contributed by atoms with Crippen LogP contribution in [0.4, 0.5) is 0 Å². The highest BCUT2D eigenvalue weighted by atomic mass is 16.1. The van der Waals surface area contributed by atoms with Gasteiger partial charge in [-0.15, -0.1) is 0 Å². The molecule has 13 heavy (non-hydrogen) atoms. The third-order valence-corrected chi connectivity index (χ3v) is 1.45. The van der Waals surface area contributed by atoms with Gasteiger partial charge < -0.3 is 5.32 Å². The SMILES string of the molecule is CN(C)CNC(=O)c1ccccn1. The molecule has 1 amide bonds. The average molecular weight is 179 g/mol. The van der Waals surface area contributed by atoms with E-state index in [1.54, 1.807) is 24.4 Å². The summed E-state index contributed by atoms with van der Waals surface area (Å²) in [5.41, 5.74) is 0.448. The van der Waals surface area contributed by atoms with Gasteiger partial charge >= 0.3 is 0 Å². The van der Waals surface area contributed by atoms with Gasteiger partial charge in [0.1, 0.15) is 5.69 Å². The maximum absolute atomic E-state index is 11.3. The van der Waals surface area contributed by atoms with Crippen molar-refractivity contribution in [2.75, 3.05) is 20.8 Å². The minimum absolute atomic E-state index is 0.144. The van der Waals surface area contributed by atoms with Gasteiger partial charge in [0, 0.05) is 6.20 Å². The normalized spacial score (nSPS) is 10.1. The fraction of sp³-hybridized carbons (Fsp3) is 0.333. The molecule has 1 heterocycles. The van der Waals surface area contributed by atoms with E-state index >= 15 is 0 Å². The van der Waals surface area contributed by atoms with Crippen molar-refractivity contribution in [2.24, 2.45) is 0 Å². The summed E-state index contributed by atoms with van der Waals surface area (Å²) < 4.78 is 0. The Kier molecular flexibility index (Phi) is 3.40. The van der Waals surface area contributed by atoms with Crippen LogP contribution in [0.2, 0.25) is 0 Å². The molecule has 0 radical (unpaired) electrons. The second-order valence-electron chi connectivity index (χ2n) is 2.96. The van der Waals surface area contributed by atoms with E-state index in [9.17, 15) is 4.79 Å². The molecule has 4 nitrogen and oxygen atoms in total. The molecule has 0 aliphatic carbocycles. The molecule has 70 valence electrons. The average Bonchev–Trinajstić information content (AvgIpc) is 2.15. The second-order valence-corrected chi connectivity index (χ2v) is 2.96. The lowest BCUT2D eigenvalue weighted by Crippen LogP contribution is -2.33. The molecular formula is C9H13N3O. The van der Waals surface area contributed by atoms with Crippen molar-refractivity contribution in [3.63, 3.8) is 0 Å². The molecule has 1 N–H and O–H groups in total. The largest absolute Gasteiger partial charge is 0.338 e. The predicted molar refractivity (Wildman–Crippen MR) is 50.3 cm³/mol. The lowest BCUT2D eigenvalue weighted by molar-refractivity contribution is 0.0930. The quantitative estimate of drug-likeness (QED) is 0.680. The highest BCUT2D eigenvalue weighted by Gasteiger charge is 2.04. The standard InChI is InChI=1S/C9H13N3O/c1-12(2)7-11-9(13)8-5-3-4-6-10-8/h3-6H,7H2,1-2H3,(H,11,13). The van der Waals surface area contributed by atoms with Crippen molar-refractivity contribution in [1.29, 1.82) is 0 Å². The highest BCUT2D eigenvalue weighted by Crippen LogP contribution is 1.91. The first kappa shape index (κ1) is 9.67. The van der Waals surface area contributed by atoms with Gasteiger partial charge in [0.05, 0.1) is 6.67 Å². The summed E-state index contributed by atoms with van der Waals surface area (Å²) in [6.45, 7) is 0.523. The van der Waals surface area contributed by atoms with E-state index in [0.717, 1.165) is 0 Å². The van der Waals surface area contributed by atoms with Crippen LogP contribution in [0.5, 0.6) is 0 Å². The monoisotopic (exact) mass is 179 g/mol. The number of carbonyl (C=O) groups is 1. The number of amides is 1. The van der Waals surface area contributed by atoms with Gasteiger partial charge in [-0.25, -0.2) is 0 Å². The van der Waals surface area contributed by atoms with Crippen LogP contribution in [0, 0.1) is 0 Å². The van der Waals surface area contributed by atoms with Gasteiger partial charge in [-0.1, -0.05) is 6.07 Å². The summed E-state index contributed by atoms with van der Waals surface area (Å²) in [5.74, 6) is -0.144. The molecule has 0 spiro atoms. The van der Waals surface area contributed by atoms with Crippen molar-refractivity contribution in [1.82, 2.24) is 15.2 Å². The number of nitrogens with one attached hydrogen (secondary N) is 1. The van der Waals surface area contributed by atoms with E-state index < -0.39 is 0 Å². The van der Waals surface area contributed by atoms with Crippen LogP contribution in [-0.4, -0.2) is 36.6 Å². The molecule has 0 atom stereocenters. The summed E-state index contributed by atoms with van der Waals surface area (Å²) in [7, 11) is 3.78. The number of hydrogen-bond acceptors (Lipinski definition) is 3. The van der Waals surface area contributed by atoms with Gasteiger partial charge in [-0.05, 0) is 26.2 Å². The van der Waals surface area contributed by atoms with E-state index in [2.05, 4.69) is 10.3 Å². The van der Waals surface area contributed by atoms with Crippen LogP contribution in [-0.2, 0) is 0 Å². The van der Waals surface area contributed by atoms with Gasteiger partial charge in [0.15, 0.2) is 0 Å². The Morgan fingerprint density at radius 2 is 2.31 bits per heavy atom. The summed E-state index contributed by atoms with van der Waals surface area (Å²) in [4.78, 5) is 17.2. The van der Waals surface area contributed by atoms with Crippen molar-refractivity contribution in [2.45, 2.75) is 0 Å². The minimum Gasteiger partial charge on any atom is -0.338 e. The lowest BCUT2D eigenvalue weighted by atomic mass is 10.3. The Morgan fingerprint density at radius 3 is 2.85 bits per heavy atom. The number of nitrogens with zero attached hydrogens (tertiary/aromatic N) is 2. The summed E-state index contributed by atoms with van der Waals surface area (Å²) in [6.07, 6.45) is 1.60. The molecule has 0 bridgehead atoms. The molecule has 0 aromatic carbocycles. The van der Waals surface area contributed by atoms with Crippen molar-refractivity contribution in [3.8, 4) is 0 Å². The smallest absolute Gasteiger partial charge is 0.270 e. The van der Waals surface area contributed by atoms with Crippen molar-refractivity contribution in [3.05, 3.63) is 30.1 Å². The van der Waals surface area contributed by atoms with Gasteiger partial charge in [-0.2, -0.15) is 0 Å². The number of carbonyl (C=O) groups excluding carboxylic acids is 1. The van der Waals surface area contributed by atoms with Crippen molar-refractivity contribution >= 4 is 5.91 Å². The van der Waals surface area contributed by atoms with E-state index in [0.29, 0.717) is 12.4 Å². The Bertz CT molecular complexity index is 271. The molecule has 0 aliphatic rings. The number of aromatic nitrogens is 1. The number of hydrogen-bond donors (Lipinski definition) is 1. The first-order valence-electron chi connectivity index (χ1n) is 4.04. The lowest BCUT2D eigenvalue weighted by Gasteiger charge is -2.10. The van der Waals surface area contributed by atoms with Crippen LogP contribution >= 0.6 is 0 Å². The van der Waals surface area contributed by atoms with Gasteiger partial charge in [0.2, 0.25) is 0 Å². The maximum atomic E-state index is 11.3. The first-order chi connectivity index (χ1) is 6.20. The summed E-state index contributed by atoms with van der Waals surface area (Å²) >= 11 is 0. The topological polar surface area (TPSA) is 45.2 Å². The third kappa shape index (κ3) is 3.21. The number of pyridine rings is 1. The van der Waals surface area contributed by atoms with E-state index in [1.165, 1.54) is 0 Å². The van der Waals surface area contributed by atoms with Gasteiger partial charge in [-0.3, -0.25) is 14.7 Å². The van der Waals surface area contributed by atoms with E-state index in [1.807, 2.05) is 19.0 Å². The third-order valence-electron chi connectivity index (χ3n) is 1.45. The zero-order chi connectivity index (χ0) is 9.68. The van der Waals surface area contributed by atoms with Crippen molar-refractivity contribution < 1.29 is 4.79 Å². The Balaban J connectivity index is 2.50. The van der Waals surface area contributed by atoms with Crippen LogP contribution < -0.4 is 5.32 Å². The van der Waals surface area contributed by atoms with Gasteiger partial charge in [0.25, 0.3) is 5.91 Å². The Hall–Kier alpha value is -1.42. The fourth-order valence-corrected chi connectivity index (χ4v) is 0.818. The van der Waals surface area contributed by atoms with Crippen LogP contribution in [0.1, 0.15) is 10.5 Å². The second kappa shape index (κ2) is 4.57. The van der Waals surface area contributed by atoms with E-state index in [-0.39, 0.29) is 5.91 Å². The molecule has 0 fully saturated rings. The molecule has 1 rings (SSSR count). The summed E-state index contributed by atoms with van der Waals surface area (Å²) in [5, 5.41) is 2.72. The summed E-state index contributed by atoms with van der Waals surface area (Å²) in [6, 6.07) is 5.26. The van der Waals surface area contributed by atoms with E-state index in [4.69, 9.17) is 0 Å². The fourth-order valence-electron chi connectivity index (χ4n) is 0.818. The molecule has 0 aliphatic heterocycles. The zero-order valence-corrected chi connectivity index (χ0v) is 7.82. The van der Waals surface area contributed by atoms with Crippen LogP contribution in [0.15, 0.2) is 24.4 Å². The molecule has 0 saturated heterocycles. The first-order valence-corrected chi connectivity index (χ1v) is 4.04. The molecular weight excluding hydrogens is 166 g/mol. The molecule has 4 heteroatoms. The highest BCUT2D eigenvalue weighted by molar-refractivity contribution is 5.92. The molecule has 1 aromatic rings. The Morgan fingerprint density at radius 1 is 1.54 bits per heavy atom. The molecule has 0 saturated carbocycles. The maximum Gasteiger partial charge on any atom is 0.270 e. The molecule has 0 unspecified atom stereocenters. The minimum atomic E-state index is -0.144.